The number of ether oxygens (including phenoxy) is 1. The summed E-state index contributed by atoms with van der Waals surface area (Å²) in [5.74, 6) is 1.68. The van der Waals surface area contributed by atoms with Gasteiger partial charge in [-0.15, -0.1) is 0 Å². The number of hydrogen-bond donors (Lipinski definition) is 0. The van der Waals surface area contributed by atoms with E-state index in [-0.39, 0.29) is 29.2 Å². The number of hydrogen-bond acceptors (Lipinski definition) is 3. The lowest BCUT2D eigenvalue weighted by molar-refractivity contribution is -0.166. The van der Waals surface area contributed by atoms with E-state index in [1.54, 1.807) is 0 Å². The summed E-state index contributed by atoms with van der Waals surface area (Å²) >= 11 is 0. The second kappa shape index (κ2) is 5.07. The van der Waals surface area contributed by atoms with E-state index in [9.17, 15) is 9.59 Å². The van der Waals surface area contributed by atoms with Crippen molar-refractivity contribution in [3.63, 3.8) is 0 Å². The normalized spacial score (nSPS) is 43.1. The van der Waals surface area contributed by atoms with Gasteiger partial charge in [0.2, 0.25) is 0 Å². The van der Waals surface area contributed by atoms with Crippen molar-refractivity contribution in [1.82, 2.24) is 0 Å². The molecule has 0 amide bonds. The third-order valence-corrected chi connectivity index (χ3v) is 6.97. The smallest absolute Gasteiger partial charge is 0.320 e. The first-order valence-corrected chi connectivity index (χ1v) is 8.97. The van der Waals surface area contributed by atoms with Crippen LogP contribution in [0.3, 0.4) is 0 Å². The van der Waals surface area contributed by atoms with Crippen LogP contribution in [0.4, 0.5) is 0 Å². The summed E-state index contributed by atoms with van der Waals surface area (Å²) in [6, 6.07) is 0. The fourth-order valence-electron chi connectivity index (χ4n) is 5.47. The first-order valence-electron chi connectivity index (χ1n) is 8.97. The van der Waals surface area contributed by atoms with Crippen molar-refractivity contribution in [2.45, 2.75) is 72.8 Å². The number of carbonyl (C=O) groups is 2. The zero-order valence-electron chi connectivity index (χ0n) is 14.6. The summed E-state index contributed by atoms with van der Waals surface area (Å²) in [5.41, 5.74) is -1.01. The van der Waals surface area contributed by atoms with Crippen LogP contribution in [-0.2, 0) is 14.3 Å². The quantitative estimate of drug-likeness (QED) is 0.585. The predicted octanol–water partition coefficient (Wildman–Crippen LogP) is 4.00. The topological polar surface area (TPSA) is 43.4 Å². The van der Waals surface area contributed by atoms with Gasteiger partial charge in [-0.25, -0.2) is 0 Å². The van der Waals surface area contributed by atoms with E-state index < -0.39 is 5.41 Å². The van der Waals surface area contributed by atoms with Crippen molar-refractivity contribution in [2.75, 3.05) is 0 Å². The summed E-state index contributed by atoms with van der Waals surface area (Å²) in [7, 11) is 0. The molecule has 0 radical (unpaired) electrons. The maximum absolute atomic E-state index is 12.9. The van der Waals surface area contributed by atoms with E-state index in [0.717, 1.165) is 19.3 Å². The van der Waals surface area contributed by atoms with Crippen molar-refractivity contribution in [2.24, 2.45) is 34.5 Å². The first-order chi connectivity index (χ1) is 10.2. The van der Waals surface area contributed by atoms with Gasteiger partial charge in [0.15, 0.2) is 5.78 Å². The first kappa shape index (κ1) is 16.0. The molecule has 124 valence electrons. The molecule has 0 aliphatic heterocycles. The van der Waals surface area contributed by atoms with Crippen LogP contribution in [0, 0.1) is 34.5 Å². The van der Waals surface area contributed by atoms with Gasteiger partial charge < -0.3 is 4.74 Å². The van der Waals surface area contributed by atoms with E-state index in [1.807, 2.05) is 0 Å². The molecule has 0 aromatic carbocycles. The van der Waals surface area contributed by atoms with Crippen molar-refractivity contribution >= 4 is 11.8 Å². The highest BCUT2D eigenvalue weighted by molar-refractivity contribution is 6.10. The zero-order chi connectivity index (χ0) is 16.3. The number of rotatable bonds is 3. The molecule has 3 fully saturated rings. The molecular formula is C19H30O3. The Hall–Kier alpha value is -0.860. The lowest BCUT2D eigenvalue weighted by atomic mass is 9.75. The summed E-state index contributed by atoms with van der Waals surface area (Å²) in [4.78, 5) is 25.4. The second-order valence-electron chi connectivity index (χ2n) is 8.81. The van der Waals surface area contributed by atoms with Crippen molar-refractivity contribution in [1.29, 1.82) is 0 Å². The average Bonchev–Trinajstić information content (AvgIpc) is 2.72. The Morgan fingerprint density at radius 2 is 1.91 bits per heavy atom. The summed E-state index contributed by atoms with van der Waals surface area (Å²) in [6.45, 7) is 10.8. The van der Waals surface area contributed by atoms with Crippen molar-refractivity contribution in [3.8, 4) is 0 Å². The molecule has 5 atom stereocenters. The Morgan fingerprint density at radius 3 is 2.45 bits per heavy atom. The highest BCUT2D eigenvalue weighted by Crippen LogP contribution is 2.75. The van der Waals surface area contributed by atoms with E-state index >= 15 is 0 Å². The summed E-state index contributed by atoms with van der Waals surface area (Å²) in [6.07, 6.45) is 4.70. The number of ketones is 1. The van der Waals surface area contributed by atoms with Gasteiger partial charge in [-0.2, -0.15) is 0 Å². The molecule has 0 saturated heterocycles. The van der Waals surface area contributed by atoms with Crippen LogP contribution in [0.1, 0.15) is 66.7 Å². The third kappa shape index (κ3) is 2.00. The molecule has 0 heterocycles. The minimum absolute atomic E-state index is 0.00363. The Bertz CT molecular complexity index is 493. The Kier molecular flexibility index (Phi) is 3.69. The lowest BCUT2D eigenvalue weighted by Crippen LogP contribution is -2.40. The van der Waals surface area contributed by atoms with Gasteiger partial charge in [-0.05, 0) is 48.3 Å². The largest absolute Gasteiger partial charge is 0.461 e. The molecular weight excluding hydrogens is 276 g/mol. The molecule has 3 nitrogen and oxygen atoms in total. The molecule has 0 aromatic heterocycles. The molecule has 0 N–H and O–H groups in total. The minimum atomic E-state index is -0.810. The van der Waals surface area contributed by atoms with Gasteiger partial charge in [-0.3, -0.25) is 9.59 Å². The highest BCUT2D eigenvalue weighted by atomic mass is 16.5. The second-order valence-corrected chi connectivity index (χ2v) is 8.81. The fourth-order valence-corrected chi connectivity index (χ4v) is 5.47. The molecule has 3 saturated carbocycles. The van der Waals surface area contributed by atoms with Gasteiger partial charge in [0.05, 0.1) is 0 Å². The molecule has 22 heavy (non-hydrogen) atoms. The maximum atomic E-state index is 12.9. The SMILES string of the molecule is CC(C)[C@@H]1CC[C@H](C)C[C@H]1OC(=O)[C@]12C(=O)CC[C@H]1C2(C)C. The molecule has 3 rings (SSSR count). The van der Waals surface area contributed by atoms with Crippen LogP contribution < -0.4 is 0 Å². The average molecular weight is 306 g/mol. The molecule has 3 aliphatic carbocycles. The van der Waals surface area contributed by atoms with Gasteiger partial charge in [-0.1, -0.05) is 41.0 Å². The number of fused-ring (bicyclic) bond motifs is 1. The van der Waals surface area contributed by atoms with Gasteiger partial charge >= 0.3 is 5.97 Å². The summed E-state index contributed by atoms with van der Waals surface area (Å²) < 4.78 is 6.01. The van der Waals surface area contributed by atoms with E-state index in [0.29, 0.717) is 24.2 Å². The van der Waals surface area contributed by atoms with Crippen LogP contribution in [0.15, 0.2) is 0 Å². The molecule has 0 aromatic rings. The van der Waals surface area contributed by atoms with Crippen LogP contribution >= 0.6 is 0 Å². The predicted molar refractivity (Wildman–Crippen MR) is 85.2 cm³/mol. The monoisotopic (exact) mass is 306 g/mol. The molecule has 0 unspecified atom stereocenters. The van der Waals surface area contributed by atoms with E-state index in [1.165, 1.54) is 6.42 Å². The van der Waals surface area contributed by atoms with E-state index in [4.69, 9.17) is 4.74 Å². The van der Waals surface area contributed by atoms with Crippen LogP contribution in [0.2, 0.25) is 0 Å². The Labute approximate surface area is 134 Å². The minimum Gasteiger partial charge on any atom is -0.461 e. The Balaban J connectivity index is 1.77. The van der Waals surface area contributed by atoms with Crippen molar-refractivity contribution < 1.29 is 14.3 Å². The third-order valence-electron chi connectivity index (χ3n) is 6.97. The number of esters is 1. The van der Waals surface area contributed by atoms with Crippen molar-refractivity contribution in [3.05, 3.63) is 0 Å². The molecule has 0 spiro atoms. The number of Topliss-reactive ketones (excluding diaryl/α,β-unsaturated/α-hetero) is 1. The van der Waals surface area contributed by atoms with Crippen LogP contribution in [0.5, 0.6) is 0 Å². The summed E-state index contributed by atoms with van der Waals surface area (Å²) in [5, 5.41) is 0. The highest BCUT2D eigenvalue weighted by Gasteiger charge is 2.82. The molecule has 0 bridgehead atoms. The van der Waals surface area contributed by atoms with Crippen LogP contribution in [0.25, 0.3) is 0 Å². The Morgan fingerprint density at radius 1 is 1.23 bits per heavy atom. The van der Waals surface area contributed by atoms with Gasteiger partial charge in [0.1, 0.15) is 11.5 Å². The maximum Gasteiger partial charge on any atom is 0.320 e. The van der Waals surface area contributed by atoms with Gasteiger partial charge in [0, 0.05) is 6.42 Å². The van der Waals surface area contributed by atoms with Crippen LogP contribution in [-0.4, -0.2) is 17.9 Å². The van der Waals surface area contributed by atoms with Gasteiger partial charge in [0.25, 0.3) is 0 Å². The molecule has 3 heteroatoms. The van der Waals surface area contributed by atoms with E-state index in [2.05, 4.69) is 34.6 Å². The molecule has 3 aliphatic rings. The lowest BCUT2D eigenvalue weighted by Gasteiger charge is -2.37. The standard InChI is InChI=1S/C19H30O3/c1-11(2)13-7-6-12(3)10-14(13)22-17(21)19-15(18(19,4)5)8-9-16(19)20/h11-15H,6-10H2,1-5H3/t12-,13-,14+,15-,19+/m0/s1. The number of carbonyl (C=O) groups excluding carboxylic acids is 2. The fraction of sp³-hybridized carbons (Fsp3) is 0.895. The zero-order valence-corrected chi connectivity index (χ0v) is 14.6.